The fraction of sp³-hybridized carbons (Fsp3) is 0.538. The van der Waals surface area contributed by atoms with Crippen molar-refractivity contribution in [2.75, 3.05) is 13.2 Å². The van der Waals surface area contributed by atoms with Gasteiger partial charge in [0.2, 0.25) is 0 Å². The SMILES string of the molecule is OC[C@@H]1CCCN1Cc1cc(OC(F)(F)F)ccc1Br. The summed E-state index contributed by atoms with van der Waals surface area (Å²) in [5.74, 6) is -0.226. The van der Waals surface area contributed by atoms with E-state index in [2.05, 4.69) is 25.6 Å². The number of aliphatic hydroxyl groups is 1. The summed E-state index contributed by atoms with van der Waals surface area (Å²) >= 11 is 3.33. The molecule has 1 aromatic carbocycles. The number of benzene rings is 1. The van der Waals surface area contributed by atoms with E-state index in [1.807, 2.05) is 0 Å². The van der Waals surface area contributed by atoms with Crippen molar-refractivity contribution in [1.29, 1.82) is 0 Å². The van der Waals surface area contributed by atoms with Gasteiger partial charge in [0.15, 0.2) is 0 Å². The third-order valence-corrected chi connectivity index (χ3v) is 4.11. The third kappa shape index (κ3) is 4.10. The van der Waals surface area contributed by atoms with E-state index >= 15 is 0 Å². The number of nitrogens with zero attached hydrogens (tertiary/aromatic N) is 1. The van der Waals surface area contributed by atoms with Gasteiger partial charge in [0, 0.05) is 17.1 Å². The van der Waals surface area contributed by atoms with E-state index in [1.54, 1.807) is 6.07 Å². The fourth-order valence-electron chi connectivity index (χ4n) is 2.40. The van der Waals surface area contributed by atoms with Crippen LogP contribution in [0.5, 0.6) is 5.75 Å². The molecule has 1 aromatic rings. The number of ether oxygens (including phenoxy) is 1. The van der Waals surface area contributed by atoms with Gasteiger partial charge in [-0.15, -0.1) is 13.2 Å². The molecule has 1 fully saturated rings. The molecule has 0 amide bonds. The molecular formula is C13H15BrF3NO2. The van der Waals surface area contributed by atoms with Crippen molar-refractivity contribution in [3.05, 3.63) is 28.2 Å². The highest BCUT2D eigenvalue weighted by Gasteiger charge is 2.31. The summed E-state index contributed by atoms with van der Waals surface area (Å²) < 4.78 is 41.3. The first-order chi connectivity index (χ1) is 9.39. The van der Waals surface area contributed by atoms with Gasteiger partial charge >= 0.3 is 6.36 Å². The second kappa shape index (κ2) is 6.32. The normalized spacial score (nSPS) is 20.4. The summed E-state index contributed by atoms with van der Waals surface area (Å²) in [6, 6.07) is 4.27. The predicted molar refractivity (Wildman–Crippen MR) is 71.3 cm³/mol. The van der Waals surface area contributed by atoms with Crippen LogP contribution < -0.4 is 4.74 Å². The lowest BCUT2D eigenvalue weighted by atomic mass is 10.2. The molecule has 1 aliphatic rings. The Bertz CT molecular complexity index is 467. The van der Waals surface area contributed by atoms with E-state index < -0.39 is 6.36 Å². The van der Waals surface area contributed by atoms with Crippen molar-refractivity contribution in [3.63, 3.8) is 0 Å². The Morgan fingerprint density at radius 1 is 1.40 bits per heavy atom. The van der Waals surface area contributed by atoms with Crippen LogP contribution in [0.4, 0.5) is 13.2 Å². The molecule has 20 heavy (non-hydrogen) atoms. The first-order valence-electron chi connectivity index (χ1n) is 6.28. The first-order valence-corrected chi connectivity index (χ1v) is 7.07. The van der Waals surface area contributed by atoms with Crippen LogP contribution in [0.2, 0.25) is 0 Å². The zero-order valence-corrected chi connectivity index (χ0v) is 12.2. The molecule has 0 bridgehead atoms. The van der Waals surface area contributed by atoms with Gasteiger partial charge in [-0.1, -0.05) is 15.9 Å². The molecule has 0 unspecified atom stereocenters. The van der Waals surface area contributed by atoms with Crippen LogP contribution in [0.1, 0.15) is 18.4 Å². The molecular weight excluding hydrogens is 339 g/mol. The molecule has 1 atom stereocenters. The van der Waals surface area contributed by atoms with Crippen molar-refractivity contribution in [1.82, 2.24) is 4.90 Å². The Labute approximate surface area is 123 Å². The van der Waals surface area contributed by atoms with Crippen LogP contribution in [-0.4, -0.2) is 35.6 Å². The lowest BCUT2D eigenvalue weighted by Gasteiger charge is -2.23. The van der Waals surface area contributed by atoms with Crippen molar-refractivity contribution in [3.8, 4) is 5.75 Å². The minimum atomic E-state index is -4.69. The molecule has 1 aliphatic heterocycles. The summed E-state index contributed by atoms with van der Waals surface area (Å²) in [6.07, 6.45) is -2.79. The summed E-state index contributed by atoms with van der Waals surface area (Å²) in [5.41, 5.74) is 0.715. The monoisotopic (exact) mass is 353 g/mol. The van der Waals surface area contributed by atoms with E-state index in [0.29, 0.717) is 12.1 Å². The molecule has 0 radical (unpaired) electrons. The van der Waals surface area contributed by atoms with E-state index in [0.717, 1.165) is 23.9 Å². The quantitative estimate of drug-likeness (QED) is 0.901. The molecule has 0 aromatic heterocycles. The Hall–Kier alpha value is -0.790. The number of likely N-dealkylation sites (tertiary alicyclic amines) is 1. The molecule has 7 heteroatoms. The van der Waals surface area contributed by atoms with Crippen LogP contribution in [0.25, 0.3) is 0 Å². The van der Waals surface area contributed by atoms with Crippen molar-refractivity contribution in [2.24, 2.45) is 0 Å². The highest BCUT2D eigenvalue weighted by Crippen LogP contribution is 2.29. The number of aliphatic hydroxyl groups excluding tert-OH is 1. The van der Waals surface area contributed by atoms with E-state index in [4.69, 9.17) is 0 Å². The lowest BCUT2D eigenvalue weighted by Crippen LogP contribution is -2.31. The maximum atomic E-state index is 12.2. The summed E-state index contributed by atoms with van der Waals surface area (Å²) in [4.78, 5) is 2.07. The van der Waals surface area contributed by atoms with Crippen LogP contribution in [-0.2, 0) is 6.54 Å². The van der Waals surface area contributed by atoms with Crippen molar-refractivity contribution in [2.45, 2.75) is 31.8 Å². The van der Waals surface area contributed by atoms with E-state index in [9.17, 15) is 18.3 Å². The fourth-order valence-corrected chi connectivity index (χ4v) is 2.77. The standard InChI is InChI=1S/C13H15BrF3NO2/c14-12-4-3-11(20-13(15,16)17)6-9(12)7-18-5-1-2-10(18)8-19/h3-4,6,10,19H,1-2,5,7-8H2/t10-/m0/s1. The van der Waals surface area contributed by atoms with Gasteiger partial charge in [0.05, 0.1) is 6.61 Å². The van der Waals surface area contributed by atoms with Gasteiger partial charge < -0.3 is 9.84 Å². The second-order valence-corrected chi connectivity index (χ2v) is 5.60. The highest BCUT2D eigenvalue weighted by molar-refractivity contribution is 9.10. The minimum Gasteiger partial charge on any atom is -0.406 e. The smallest absolute Gasteiger partial charge is 0.406 e. The molecule has 1 heterocycles. The molecule has 0 saturated carbocycles. The highest BCUT2D eigenvalue weighted by atomic mass is 79.9. The zero-order chi connectivity index (χ0) is 14.8. The number of hydrogen-bond donors (Lipinski definition) is 1. The van der Waals surface area contributed by atoms with Gasteiger partial charge in [-0.25, -0.2) is 0 Å². The predicted octanol–water partition coefficient (Wildman–Crippen LogP) is 3.30. The molecule has 2 rings (SSSR count). The first kappa shape index (κ1) is 15.6. The molecule has 0 spiro atoms. The minimum absolute atomic E-state index is 0.0658. The Kier molecular flexibility index (Phi) is 4.93. The summed E-state index contributed by atoms with van der Waals surface area (Å²) in [6.45, 7) is 1.39. The van der Waals surface area contributed by atoms with Gasteiger partial charge in [0.25, 0.3) is 0 Å². The number of rotatable bonds is 4. The largest absolute Gasteiger partial charge is 0.573 e. The molecule has 0 aliphatic carbocycles. The number of alkyl halides is 3. The Balaban J connectivity index is 2.12. The average Bonchev–Trinajstić information content (AvgIpc) is 2.79. The molecule has 1 saturated heterocycles. The molecule has 112 valence electrons. The summed E-state index contributed by atoms with van der Waals surface area (Å²) in [7, 11) is 0. The zero-order valence-electron chi connectivity index (χ0n) is 10.7. The number of halogens is 4. The van der Waals surface area contributed by atoms with Crippen LogP contribution in [0.3, 0.4) is 0 Å². The van der Waals surface area contributed by atoms with Gasteiger partial charge in [-0.05, 0) is 43.1 Å². The van der Waals surface area contributed by atoms with Gasteiger partial charge in [-0.2, -0.15) is 0 Å². The van der Waals surface area contributed by atoms with Crippen LogP contribution >= 0.6 is 15.9 Å². The maximum Gasteiger partial charge on any atom is 0.573 e. The molecule has 3 nitrogen and oxygen atoms in total. The van der Waals surface area contributed by atoms with Crippen molar-refractivity contribution >= 4 is 15.9 Å². The average molecular weight is 354 g/mol. The van der Waals surface area contributed by atoms with Gasteiger partial charge in [0.1, 0.15) is 5.75 Å². The molecule has 1 N–H and O–H groups in total. The van der Waals surface area contributed by atoms with E-state index in [1.165, 1.54) is 12.1 Å². The second-order valence-electron chi connectivity index (χ2n) is 4.75. The summed E-state index contributed by atoms with van der Waals surface area (Å²) in [5, 5.41) is 9.26. The van der Waals surface area contributed by atoms with Crippen molar-refractivity contribution < 1.29 is 23.0 Å². The Morgan fingerprint density at radius 2 is 2.15 bits per heavy atom. The van der Waals surface area contributed by atoms with Gasteiger partial charge in [-0.3, -0.25) is 4.90 Å². The van der Waals surface area contributed by atoms with Crippen LogP contribution in [0, 0.1) is 0 Å². The van der Waals surface area contributed by atoms with E-state index in [-0.39, 0.29) is 18.4 Å². The third-order valence-electron chi connectivity index (χ3n) is 3.33. The topological polar surface area (TPSA) is 32.7 Å². The Morgan fingerprint density at radius 3 is 2.80 bits per heavy atom. The lowest BCUT2D eigenvalue weighted by molar-refractivity contribution is -0.274. The number of hydrogen-bond acceptors (Lipinski definition) is 3. The maximum absolute atomic E-state index is 12.2. The van der Waals surface area contributed by atoms with Crippen LogP contribution in [0.15, 0.2) is 22.7 Å².